The highest BCUT2D eigenvalue weighted by Gasteiger charge is 2.37. The average Bonchev–Trinajstić information content (AvgIpc) is 2.92. The lowest BCUT2D eigenvalue weighted by molar-refractivity contribution is -0.139. The van der Waals surface area contributed by atoms with Gasteiger partial charge in [0.15, 0.2) is 5.96 Å². The minimum absolute atomic E-state index is 0.0863. The fourth-order valence-corrected chi connectivity index (χ4v) is 6.30. The van der Waals surface area contributed by atoms with Gasteiger partial charge in [0.2, 0.25) is 5.91 Å². The number of piperazine rings is 1. The van der Waals surface area contributed by atoms with Gasteiger partial charge in [0.1, 0.15) is 0 Å². The molecule has 3 aromatic rings. The number of amides is 1. The molecule has 1 aliphatic heterocycles. The maximum Gasteiger partial charge on any atom is 0.227 e. The number of halogens is 2. The summed E-state index contributed by atoms with van der Waals surface area (Å²) in [6.07, 6.45) is 2.69. The van der Waals surface area contributed by atoms with Gasteiger partial charge in [-0.25, -0.2) is 0 Å². The van der Waals surface area contributed by atoms with Gasteiger partial charge in [-0.05, 0) is 59.2 Å². The smallest absolute Gasteiger partial charge is 0.227 e. The largest absolute Gasteiger partial charge is 0.370 e. The van der Waals surface area contributed by atoms with Gasteiger partial charge in [-0.15, -0.1) is 0 Å². The molecule has 1 aliphatic rings. The molecular formula is C32H42Cl2N6O. The van der Waals surface area contributed by atoms with Crippen LogP contribution in [0.4, 0.5) is 0 Å². The first-order valence-electron chi connectivity index (χ1n) is 14.4. The van der Waals surface area contributed by atoms with Gasteiger partial charge in [-0.3, -0.25) is 14.7 Å². The first-order chi connectivity index (χ1) is 19.6. The molecule has 0 aliphatic carbocycles. The first kappa shape index (κ1) is 31.1. The average molecular weight is 598 g/mol. The minimum atomic E-state index is -0.124. The lowest BCUT2D eigenvalue weighted by atomic mass is 9.93. The van der Waals surface area contributed by atoms with E-state index in [1.165, 1.54) is 5.39 Å². The zero-order valence-corrected chi connectivity index (χ0v) is 25.5. The Morgan fingerprint density at radius 1 is 1.02 bits per heavy atom. The van der Waals surface area contributed by atoms with E-state index in [-0.39, 0.29) is 30.0 Å². The molecule has 0 saturated carbocycles. The van der Waals surface area contributed by atoms with Crippen LogP contribution in [-0.2, 0) is 17.6 Å². The summed E-state index contributed by atoms with van der Waals surface area (Å²) in [5.74, 6) is 0.548. The van der Waals surface area contributed by atoms with E-state index in [2.05, 4.69) is 59.0 Å². The van der Waals surface area contributed by atoms with E-state index in [0.717, 1.165) is 35.9 Å². The second kappa shape index (κ2) is 14.4. The summed E-state index contributed by atoms with van der Waals surface area (Å²) in [6, 6.07) is 20.2. The van der Waals surface area contributed by atoms with Gasteiger partial charge in [-0.2, -0.15) is 0 Å². The number of hydrogen-bond donors (Lipinski definition) is 3. The van der Waals surface area contributed by atoms with Crippen molar-refractivity contribution in [2.45, 2.75) is 57.7 Å². The van der Waals surface area contributed by atoms with E-state index in [0.29, 0.717) is 48.4 Å². The highest BCUT2D eigenvalue weighted by molar-refractivity contribution is 6.35. The molecule has 1 fully saturated rings. The highest BCUT2D eigenvalue weighted by Crippen LogP contribution is 2.27. The van der Waals surface area contributed by atoms with Crippen LogP contribution in [0.1, 0.15) is 37.8 Å². The van der Waals surface area contributed by atoms with Crippen molar-refractivity contribution in [3.63, 3.8) is 0 Å². The number of carbonyl (C=O) groups excluding carboxylic acids is 1. The van der Waals surface area contributed by atoms with Crippen molar-refractivity contribution in [3.8, 4) is 0 Å². The van der Waals surface area contributed by atoms with Crippen LogP contribution >= 0.6 is 23.2 Å². The number of hydrogen-bond acceptors (Lipinski definition) is 4. The molecule has 7 nitrogen and oxygen atoms in total. The molecule has 4 rings (SSSR count). The fraction of sp³-hybridized carbons (Fsp3) is 0.438. The Morgan fingerprint density at radius 2 is 1.78 bits per heavy atom. The number of carbonyl (C=O) groups is 1. The third-order valence-electron chi connectivity index (χ3n) is 7.96. The van der Waals surface area contributed by atoms with Gasteiger partial charge in [0.25, 0.3) is 0 Å². The van der Waals surface area contributed by atoms with Crippen LogP contribution in [0.5, 0.6) is 0 Å². The van der Waals surface area contributed by atoms with E-state index in [1.807, 2.05) is 24.3 Å². The topological polar surface area (TPSA) is 114 Å². The maximum absolute atomic E-state index is 13.8. The van der Waals surface area contributed by atoms with Crippen LogP contribution in [0.3, 0.4) is 0 Å². The molecule has 0 radical (unpaired) electrons. The molecule has 0 spiro atoms. The molecular weight excluding hydrogens is 555 g/mol. The molecule has 3 aromatic carbocycles. The lowest BCUT2D eigenvalue weighted by Gasteiger charge is -2.49. The molecule has 0 aromatic heterocycles. The molecule has 3 atom stereocenters. The Labute approximate surface area is 253 Å². The van der Waals surface area contributed by atoms with E-state index < -0.39 is 0 Å². The summed E-state index contributed by atoms with van der Waals surface area (Å²) in [6.45, 7) is 7.03. The number of benzene rings is 3. The number of guanidine groups is 1. The summed E-state index contributed by atoms with van der Waals surface area (Å²) < 4.78 is 0. The van der Waals surface area contributed by atoms with Gasteiger partial charge in [0.05, 0.1) is 6.42 Å². The molecule has 1 heterocycles. The summed E-state index contributed by atoms with van der Waals surface area (Å²) in [7, 11) is 0. The molecule has 1 amide bonds. The monoisotopic (exact) mass is 596 g/mol. The number of aliphatic imine (C=N–C) groups is 1. The summed E-state index contributed by atoms with van der Waals surface area (Å²) in [5, 5.41) is 3.56. The van der Waals surface area contributed by atoms with Crippen LogP contribution in [0.15, 0.2) is 65.7 Å². The van der Waals surface area contributed by atoms with Crippen LogP contribution < -0.4 is 17.2 Å². The molecule has 3 unspecified atom stereocenters. The predicted molar refractivity (Wildman–Crippen MR) is 171 cm³/mol. The molecule has 220 valence electrons. The Morgan fingerprint density at radius 3 is 2.49 bits per heavy atom. The molecule has 9 heteroatoms. The van der Waals surface area contributed by atoms with Gasteiger partial charge in [-0.1, -0.05) is 85.6 Å². The van der Waals surface area contributed by atoms with Gasteiger partial charge < -0.3 is 22.1 Å². The Kier molecular flexibility index (Phi) is 10.9. The molecule has 41 heavy (non-hydrogen) atoms. The minimum Gasteiger partial charge on any atom is -0.370 e. The summed E-state index contributed by atoms with van der Waals surface area (Å²) >= 11 is 12.5. The molecule has 6 N–H and O–H groups in total. The fourth-order valence-electron chi connectivity index (χ4n) is 5.82. The second-order valence-electron chi connectivity index (χ2n) is 11.5. The number of rotatable bonds is 11. The number of nitrogens with zero attached hydrogens (tertiary/aromatic N) is 3. The van der Waals surface area contributed by atoms with Crippen molar-refractivity contribution < 1.29 is 4.79 Å². The zero-order valence-electron chi connectivity index (χ0n) is 24.0. The first-order valence-corrected chi connectivity index (χ1v) is 15.1. The molecule has 1 saturated heterocycles. The third-order valence-corrected chi connectivity index (χ3v) is 8.55. The Hall–Kier alpha value is -2.84. The Balaban J connectivity index is 1.50. The van der Waals surface area contributed by atoms with Crippen molar-refractivity contribution in [2.75, 3.05) is 26.2 Å². The van der Waals surface area contributed by atoms with Crippen molar-refractivity contribution in [1.82, 2.24) is 9.80 Å². The Bertz CT molecular complexity index is 1360. The third kappa shape index (κ3) is 8.58. The van der Waals surface area contributed by atoms with Gasteiger partial charge >= 0.3 is 0 Å². The van der Waals surface area contributed by atoms with Crippen molar-refractivity contribution in [3.05, 3.63) is 81.8 Å². The van der Waals surface area contributed by atoms with Crippen LogP contribution in [0, 0.1) is 5.92 Å². The van der Waals surface area contributed by atoms with Crippen LogP contribution in [-0.4, -0.2) is 66.0 Å². The van der Waals surface area contributed by atoms with Crippen LogP contribution in [0.2, 0.25) is 10.0 Å². The van der Waals surface area contributed by atoms with Crippen LogP contribution in [0.25, 0.3) is 10.8 Å². The van der Waals surface area contributed by atoms with E-state index >= 15 is 0 Å². The van der Waals surface area contributed by atoms with E-state index in [9.17, 15) is 4.79 Å². The maximum atomic E-state index is 13.8. The predicted octanol–water partition coefficient (Wildman–Crippen LogP) is 4.85. The normalized spacial score (nSPS) is 18.5. The van der Waals surface area contributed by atoms with E-state index in [1.54, 1.807) is 6.07 Å². The quantitative estimate of drug-likeness (QED) is 0.166. The van der Waals surface area contributed by atoms with E-state index in [4.69, 9.17) is 40.4 Å². The summed E-state index contributed by atoms with van der Waals surface area (Å²) in [5.41, 5.74) is 19.8. The van der Waals surface area contributed by atoms with Crippen molar-refractivity contribution in [1.29, 1.82) is 0 Å². The summed E-state index contributed by atoms with van der Waals surface area (Å²) in [4.78, 5) is 22.5. The highest BCUT2D eigenvalue weighted by atomic mass is 35.5. The van der Waals surface area contributed by atoms with Crippen molar-refractivity contribution in [2.24, 2.45) is 28.1 Å². The lowest BCUT2D eigenvalue weighted by Crippen LogP contribution is -2.63. The number of nitrogens with two attached hydrogens (primary N) is 3. The van der Waals surface area contributed by atoms with Gasteiger partial charge in [0, 0.05) is 54.3 Å². The SMILES string of the molecule is CC(C)C1CN(CC(N)Cc2ccc(Cl)cc2Cl)C(CCCN=C(N)N)CN1C(=O)Cc1ccc2ccccc2c1. The zero-order chi connectivity index (χ0) is 29.5. The number of fused-ring (bicyclic) bond motifs is 1. The molecule has 0 bridgehead atoms. The van der Waals surface area contributed by atoms with Crippen molar-refractivity contribution >= 4 is 45.8 Å². The standard InChI is InChI=1S/C32H42Cl2N6O/c1-21(2)30-20-39(18-27(35)16-25-11-12-26(33)17-29(25)34)28(8-5-13-38-32(36)37)19-40(30)31(41)15-22-9-10-23-6-3-4-7-24(23)14-22/h3-4,6-7,9-12,14,17,21,27-28,30H,5,8,13,15-16,18-20,35H2,1-2H3,(H4,36,37,38). The second-order valence-corrected chi connectivity index (χ2v) is 12.3.